The Morgan fingerprint density at radius 1 is 0.944 bits per heavy atom. The van der Waals surface area contributed by atoms with Gasteiger partial charge in [-0.3, -0.25) is 5.01 Å². The fourth-order valence-corrected chi connectivity index (χ4v) is 1.80. The minimum atomic E-state index is -4.30. The molecule has 1 saturated heterocycles. The average molecular weight is 257 g/mol. The van der Waals surface area contributed by atoms with Crippen LogP contribution in [0.3, 0.4) is 0 Å². The standard InChI is InChI=1S/C12H14F3N3/c13-12(14,15)10-4-6-11(7-5-10)16-17-18-8-2-1-3-9-18/h4-7H,1-3,8-9H2. The van der Waals surface area contributed by atoms with E-state index in [1.165, 1.54) is 18.6 Å². The van der Waals surface area contributed by atoms with E-state index in [0.29, 0.717) is 5.69 Å². The van der Waals surface area contributed by atoms with Gasteiger partial charge in [-0.1, -0.05) is 5.22 Å². The maximum atomic E-state index is 12.3. The zero-order valence-electron chi connectivity index (χ0n) is 9.82. The largest absolute Gasteiger partial charge is 0.416 e. The lowest BCUT2D eigenvalue weighted by Gasteiger charge is -2.21. The van der Waals surface area contributed by atoms with Crippen molar-refractivity contribution >= 4 is 5.69 Å². The van der Waals surface area contributed by atoms with E-state index in [9.17, 15) is 13.2 Å². The lowest BCUT2D eigenvalue weighted by Crippen LogP contribution is -2.23. The Kier molecular flexibility index (Phi) is 3.84. The maximum Gasteiger partial charge on any atom is 0.416 e. The molecule has 1 aromatic carbocycles. The zero-order valence-corrected chi connectivity index (χ0v) is 9.82. The third-order valence-corrected chi connectivity index (χ3v) is 2.81. The van der Waals surface area contributed by atoms with E-state index >= 15 is 0 Å². The van der Waals surface area contributed by atoms with E-state index in [1.807, 2.05) is 5.01 Å². The number of piperidine rings is 1. The first-order valence-electron chi connectivity index (χ1n) is 5.89. The third kappa shape index (κ3) is 3.45. The Labute approximate surface area is 103 Å². The Morgan fingerprint density at radius 2 is 1.56 bits per heavy atom. The molecule has 0 spiro atoms. The molecule has 0 saturated carbocycles. The first-order chi connectivity index (χ1) is 8.55. The number of hydrogen-bond donors (Lipinski definition) is 0. The summed E-state index contributed by atoms with van der Waals surface area (Å²) in [5.41, 5.74) is -0.229. The van der Waals surface area contributed by atoms with Crippen LogP contribution in [-0.4, -0.2) is 18.1 Å². The van der Waals surface area contributed by atoms with Crippen molar-refractivity contribution in [2.75, 3.05) is 13.1 Å². The second-order valence-electron chi connectivity index (χ2n) is 4.25. The van der Waals surface area contributed by atoms with Crippen LogP contribution in [0.4, 0.5) is 18.9 Å². The summed E-state index contributed by atoms with van der Waals surface area (Å²) in [5.74, 6) is 0. The summed E-state index contributed by atoms with van der Waals surface area (Å²) in [7, 11) is 0. The van der Waals surface area contributed by atoms with Crippen LogP contribution in [0.15, 0.2) is 34.6 Å². The molecular weight excluding hydrogens is 243 g/mol. The first kappa shape index (κ1) is 12.9. The molecular formula is C12H14F3N3. The number of halogens is 3. The molecule has 0 N–H and O–H groups in total. The van der Waals surface area contributed by atoms with Gasteiger partial charge in [-0.25, -0.2) is 0 Å². The highest BCUT2D eigenvalue weighted by Crippen LogP contribution is 2.30. The van der Waals surface area contributed by atoms with Crippen LogP contribution < -0.4 is 0 Å². The average Bonchev–Trinajstić information content (AvgIpc) is 2.37. The Morgan fingerprint density at radius 3 is 2.11 bits per heavy atom. The molecule has 0 bridgehead atoms. The fourth-order valence-electron chi connectivity index (χ4n) is 1.80. The topological polar surface area (TPSA) is 28.0 Å². The lowest BCUT2D eigenvalue weighted by molar-refractivity contribution is -0.137. The van der Waals surface area contributed by atoms with Crippen LogP contribution >= 0.6 is 0 Å². The molecule has 3 nitrogen and oxygen atoms in total. The summed E-state index contributed by atoms with van der Waals surface area (Å²) in [6.07, 6.45) is -0.924. The lowest BCUT2D eigenvalue weighted by atomic mass is 10.2. The number of benzene rings is 1. The number of alkyl halides is 3. The summed E-state index contributed by atoms with van der Waals surface area (Å²) in [5, 5.41) is 9.81. The van der Waals surface area contributed by atoms with Crippen molar-refractivity contribution < 1.29 is 13.2 Å². The summed E-state index contributed by atoms with van der Waals surface area (Å²) >= 11 is 0. The molecule has 98 valence electrons. The summed E-state index contributed by atoms with van der Waals surface area (Å²) in [4.78, 5) is 0. The van der Waals surface area contributed by atoms with Crippen LogP contribution in [0, 0.1) is 0 Å². The number of nitrogens with zero attached hydrogens (tertiary/aromatic N) is 3. The molecule has 1 aliphatic rings. The Bertz CT molecular complexity index is 406. The van der Waals surface area contributed by atoms with Crippen molar-refractivity contribution in [2.45, 2.75) is 25.4 Å². The van der Waals surface area contributed by atoms with E-state index in [0.717, 1.165) is 38.1 Å². The van der Waals surface area contributed by atoms with Crippen molar-refractivity contribution in [1.82, 2.24) is 5.01 Å². The third-order valence-electron chi connectivity index (χ3n) is 2.81. The molecule has 0 radical (unpaired) electrons. The van der Waals surface area contributed by atoms with Crippen molar-refractivity contribution in [3.05, 3.63) is 29.8 Å². The first-order valence-corrected chi connectivity index (χ1v) is 5.89. The Hall–Kier alpha value is -1.59. The molecule has 0 aromatic heterocycles. The normalized spacial score (nSPS) is 17.4. The summed E-state index contributed by atoms with van der Waals surface area (Å²) < 4.78 is 37.0. The molecule has 0 unspecified atom stereocenters. The predicted molar refractivity (Wildman–Crippen MR) is 61.4 cm³/mol. The predicted octanol–water partition coefficient (Wildman–Crippen LogP) is 4.19. The minimum Gasteiger partial charge on any atom is -0.278 e. The molecule has 18 heavy (non-hydrogen) atoms. The van der Waals surface area contributed by atoms with Crippen molar-refractivity contribution in [3.63, 3.8) is 0 Å². The molecule has 1 aliphatic heterocycles. The molecule has 0 amide bonds. The van der Waals surface area contributed by atoms with Crippen molar-refractivity contribution in [3.8, 4) is 0 Å². The molecule has 2 rings (SSSR count). The molecule has 0 aliphatic carbocycles. The van der Waals surface area contributed by atoms with Gasteiger partial charge in [0.05, 0.1) is 11.3 Å². The van der Waals surface area contributed by atoms with Crippen molar-refractivity contribution in [1.29, 1.82) is 0 Å². The quantitative estimate of drug-likeness (QED) is 0.730. The van der Waals surface area contributed by atoms with Crippen LogP contribution in [-0.2, 0) is 6.18 Å². The molecule has 1 heterocycles. The van der Waals surface area contributed by atoms with Gasteiger partial charge in [-0.15, -0.1) is 5.11 Å². The van der Waals surface area contributed by atoms with Gasteiger partial charge in [0, 0.05) is 13.1 Å². The van der Waals surface area contributed by atoms with Crippen LogP contribution in [0.5, 0.6) is 0 Å². The second kappa shape index (κ2) is 5.37. The van der Waals surface area contributed by atoms with E-state index in [2.05, 4.69) is 10.3 Å². The highest BCUT2D eigenvalue weighted by atomic mass is 19.4. The Balaban J connectivity index is 1.99. The van der Waals surface area contributed by atoms with Crippen LogP contribution in [0.1, 0.15) is 24.8 Å². The van der Waals surface area contributed by atoms with Crippen molar-refractivity contribution in [2.24, 2.45) is 10.3 Å². The van der Waals surface area contributed by atoms with E-state index < -0.39 is 11.7 Å². The van der Waals surface area contributed by atoms with Gasteiger partial charge in [0.1, 0.15) is 0 Å². The number of hydrogen-bond acceptors (Lipinski definition) is 2. The minimum absolute atomic E-state index is 0.438. The van der Waals surface area contributed by atoms with Gasteiger partial charge < -0.3 is 0 Å². The van der Waals surface area contributed by atoms with E-state index in [4.69, 9.17) is 0 Å². The summed E-state index contributed by atoms with van der Waals surface area (Å²) in [6.45, 7) is 1.73. The molecule has 1 aromatic rings. The second-order valence-corrected chi connectivity index (χ2v) is 4.25. The zero-order chi connectivity index (χ0) is 13.0. The van der Waals surface area contributed by atoms with Gasteiger partial charge >= 0.3 is 6.18 Å². The van der Waals surface area contributed by atoms with Crippen LogP contribution in [0.25, 0.3) is 0 Å². The molecule has 1 fully saturated rings. The van der Waals surface area contributed by atoms with Gasteiger partial charge in [-0.2, -0.15) is 13.2 Å². The fraction of sp³-hybridized carbons (Fsp3) is 0.500. The van der Waals surface area contributed by atoms with E-state index in [-0.39, 0.29) is 0 Å². The monoisotopic (exact) mass is 257 g/mol. The summed E-state index contributed by atoms with van der Waals surface area (Å²) in [6, 6.07) is 4.70. The highest BCUT2D eigenvalue weighted by Gasteiger charge is 2.29. The van der Waals surface area contributed by atoms with Gasteiger partial charge in [-0.05, 0) is 43.5 Å². The van der Waals surface area contributed by atoms with Crippen LogP contribution in [0.2, 0.25) is 0 Å². The van der Waals surface area contributed by atoms with Gasteiger partial charge in [0.2, 0.25) is 0 Å². The smallest absolute Gasteiger partial charge is 0.278 e. The highest BCUT2D eigenvalue weighted by molar-refractivity contribution is 5.38. The maximum absolute atomic E-state index is 12.3. The van der Waals surface area contributed by atoms with Gasteiger partial charge in [0.15, 0.2) is 0 Å². The molecule has 6 heteroatoms. The number of rotatable bonds is 2. The van der Waals surface area contributed by atoms with E-state index in [1.54, 1.807) is 0 Å². The van der Waals surface area contributed by atoms with Gasteiger partial charge in [0.25, 0.3) is 0 Å². The SMILES string of the molecule is FC(F)(F)c1ccc(N=NN2CCCCC2)cc1. The molecule has 0 atom stereocenters.